The molecular formula is C15H12BrNO. The minimum Gasteiger partial charge on any atom is -0.299 e. The van der Waals surface area contributed by atoms with E-state index >= 15 is 0 Å². The smallest absolute Gasteiger partial charge is 0.146 e. The largest absolute Gasteiger partial charge is 0.299 e. The van der Waals surface area contributed by atoms with Gasteiger partial charge in [0.05, 0.1) is 0 Å². The van der Waals surface area contributed by atoms with E-state index in [0.717, 1.165) is 16.6 Å². The van der Waals surface area contributed by atoms with Crippen LogP contribution in [0.25, 0.3) is 0 Å². The van der Waals surface area contributed by atoms with E-state index in [0.29, 0.717) is 6.42 Å². The number of halogens is 1. The molecule has 1 aromatic carbocycles. The maximum Gasteiger partial charge on any atom is 0.146 e. The molecule has 0 radical (unpaired) electrons. The summed E-state index contributed by atoms with van der Waals surface area (Å²) in [7, 11) is 0. The molecule has 3 rings (SSSR count). The molecule has 18 heavy (non-hydrogen) atoms. The van der Waals surface area contributed by atoms with E-state index in [9.17, 15) is 4.79 Å². The van der Waals surface area contributed by atoms with Gasteiger partial charge in [-0.05, 0) is 45.6 Å². The molecule has 1 aromatic heterocycles. The quantitative estimate of drug-likeness (QED) is 0.871. The van der Waals surface area contributed by atoms with Crippen molar-refractivity contribution >= 4 is 21.7 Å². The van der Waals surface area contributed by atoms with E-state index in [-0.39, 0.29) is 11.7 Å². The van der Waals surface area contributed by atoms with Crippen molar-refractivity contribution in [1.82, 2.24) is 4.98 Å². The molecule has 90 valence electrons. The highest BCUT2D eigenvalue weighted by molar-refractivity contribution is 9.10. The molecular weight excluding hydrogens is 290 g/mol. The predicted octanol–water partition coefficient (Wildman–Crippen LogP) is 3.30. The van der Waals surface area contributed by atoms with Gasteiger partial charge in [0.25, 0.3) is 0 Å². The minimum atomic E-state index is 0.0756. The van der Waals surface area contributed by atoms with Crippen LogP contribution in [0.5, 0.6) is 0 Å². The molecule has 2 nitrogen and oxygen atoms in total. The molecule has 1 aliphatic carbocycles. The first-order valence-electron chi connectivity index (χ1n) is 5.95. The van der Waals surface area contributed by atoms with Crippen LogP contribution in [0, 0.1) is 0 Å². The van der Waals surface area contributed by atoms with Crippen molar-refractivity contribution in [2.45, 2.75) is 18.8 Å². The summed E-state index contributed by atoms with van der Waals surface area (Å²) < 4.78 is 0.938. The molecule has 0 spiro atoms. The van der Waals surface area contributed by atoms with Crippen molar-refractivity contribution in [2.24, 2.45) is 0 Å². The molecule has 1 atom stereocenters. The summed E-state index contributed by atoms with van der Waals surface area (Å²) in [6.07, 6.45) is 3.04. The third-order valence-corrected chi connectivity index (χ3v) is 3.86. The first-order valence-corrected chi connectivity index (χ1v) is 6.74. The number of pyridine rings is 1. The van der Waals surface area contributed by atoms with Crippen molar-refractivity contribution in [1.29, 1.82) is 0 Å². The Bertz CT molecular complexity index is 592. The summed E-state index contributed by atoms with van der Waals surface area (Å²) in [4.78, 5) is 16.4. The zero-order chi connectivity index (χ0) is 12.5. The number of hydrogen-bond acceptors (Lipinski definition) is 2. The molecule has 2 aromatic rings. The lowest BCUT2D eigenvalue weighted by atomic mass is 9.74. The fraction of sp³-hybridized carbons (Fsp3) is 0.200. The van der Waals surface area contributed by atoms with Gasteiger partial charge >= 0.3 is 0 Å². The highest BCUT2D eigenvalue weighted by Gasteiger charge is 2.31. The summed E-state index contributed by atoms with van der Waals surface area (Å²) in [6, 6.07) is 12.0. The van der Waals surface area contributed by atoms with Crippen LogP contribution in [-0.4, -0.2) is 10.8 Å². The number of Topliss-reactive ketones (excluding diaryl/α,β-unsaturated/α-hetero) is 1. The van der Waals surface area contributed by atoms with Crippen LogP contribution in [-0.2, 0) is 17.6 Å². The Hall–Kier alpha value is -1.48. The van der Waals surface area contributed by atoms with Crippen molar-refractivity contribution in [3.05, 3.63) is 63.9 Å². The first kappa shape index (κ1) is 11.6. The molecule has 0 bridgehead atoms. The summed E-state index contributed by atoms with van der Waals surface area (Å²) in [5.41, 5.74) is 3.34. The summed E-state index contributed by atoms with van der Waals surface area (Å²) in [5, 5.41) is 0. The van der Waals surface area contributed by atoms with Gasteiger partial charge < -0.3 is 0 Å². The Morgan fingerprint density at radius 1 is 1.28 bits per heavy atom. The molecule has 0 saturated heterocycles. The van der Waals surface area contributed by atoms with Crippen LogP contribution in [0.4, 0.5) is 0 Å². The van der Waals surface area contributed by atoms with Crippen LogP contribution >= 0.6 is 15.9 Å². The molecule has 0 fully saturated rings. The van der Waals surface area contributed by atoms with Gasteiger partial charge in [-0.25, -0.2) is 0 Å². The average Bonchev–Trinajstić information content (AvgIpc) is 2.34. The second kappa shape index (κ2) is 4.65. The van der Waals surface area contributed by atoms with Crippen LogP contribution in [0.15, 0.2) is 47.1 Å². The van der Waals surface area contributed by atoms with Gasteiger partial charge in [-0.1, -0.05) is 24.3 Å². The van der Waals surface area contributed by atoms with Crippen molar-refractivity contribution < 1.29 is 4.79 Å². The van der Waals surface area contributed by atoms with Crippen molar-refractivity contribution in [3.63, 3.8) is 0 Å². The van der Waals surface area contributed by atoms with Crippen LogP contribution < -0.4 is 0 Å². The maximum absolute atomic E-state index is 12.2. The highest BCUT2D eigenvalue weighted by atomic mass is 79.9. The fourth-order valence-corrected chi connectivity index (χ4v) is 2.59. The molecule has 0 N–H and O–H groups in total. The third-order valence-electron chi connectivity index (χ3n) is 3.39. The molecule has 0 aliphatic heterocycles. The van der Waals surface area contributed by atoms with E-state index in [1.807, 2.05) is 24.3 Å². The number of hydrogen-bond donors (Lipinski definition) is 0. The molecule has 1 aliphatic rings. The fourth-order valence-electron chi connectivity index (χ4n) is 2.36. The topological polar surface area (TPSA) is 30.0 Å². The van der Waals surface area contributed by atoms with Gasteiger partial charge in [-0.2, -0.15) is 0 Å². The van der Waals surface area contributed by atoms with Crippen molar-refractivity contribution in [3.8, 4) is 0 Å². The van der Waals surface area contributed by atoms with E-state index in [1.54, 1.807) is 6.20 Å². The lowest BCUT2D eigenvalue weighted by Gasteiger charge is -2.28. The normalized spacial score (nSPS) is 16.8. The molecule has 1 unspecified atom stereocenters. The van der Waals surface area contributed by atoms with Crippen LogP contribution in [0.2, 0.25) is 0 Å². The Morgan fingerprint density at radius 3 is 2.83 bits per heavy atom. The molecule has 3 heteroatoms. The Kier molecular flexibility index (Phi) is 3.00. The van der Waals surface area contributed by atoms with Crippen LogP contribution in [0.1, 0.15) is 22.7 Å². The Labute approximate surface area is 114 Å². The number of carbonyl (C=O) groups excluding carboxylic acids is 1. The number of fused-ring (bicyclic) bond motifs is 1. The Balaban J connectivity index is 1.72. The number of ketones is 1. The molecule has 0 saturated carbocycles. The zero-order valence-electron chi connectivity index (χ0n) is 9.77. The van der Waals surface area contributed by atoms with Gasteiger partial charge in [0.2, 0.25) is 0 Å². The second-order valence-electron chi connectivity index (χ2n) is 4.57. The number of carbonyl (C=O) groups is 1. The summed E-state index contributed by atoms with van der Waals surface area (Å²) >= 11 is 3.34. The second-order valence-corrected chi connectivity index (χ2v) is 5.48. The van der Waals surface area contributed by atoms with E-state index in [1.165, 1.54) is 11.1 Å². The number of aromatic nitrogens is 1. The maximum atomic E-state index is 12.2. The van der Waals surface area contributed by atoms with Gasteiger partial charge in [-0.3, -0.25) is 9.78 Å². The van der Waals surface area contributed by atoms with Gasteiger partial charge in [0.15, 0.2) is 0 Å². The lowest BCUT2D eigenvalue weighted by Crippen LogP contribution is -2.26. The van der Waals surface area contributed by atoms with Crippen LogP contribution in [0.3, 0.4) is 0 Å². The van der Waals surface area contributed by atoms with E-state index in [4.69, 9.17) is 0 Å². The van der Waals surface area contributed by atoms with Gasteiger partial charge in [-0.15, -0.1) is 0 Å². The zero-order valence-corrected chi connectivity index (χ0v) is 11.4. The Morgan fingerprint density at radius 2 is 2.11 bits per heavy atom. The molecule has 1 heterocycles. The van der Waals surface area contributed by atoms with Gasteiger partial charge in [0, 0.05) is 28.7 Å². The summed E-state index contributed by atoms with van der Waals surface area (Å²) in [5.74, 6) is 0.343. The SMILES string of the molecule is O=C(Cc1ccc(Br)cn1)C1Cc2ccccc21. The molecule has 0 amide bonds. The first-order chi connectivity index (χ1) is 8.74. The van der Waals surface area contributed by atoms with E-state index in [2.05, 4.69) is 33.0 Å². The third kappa shape index (κ3) is 2.10. The number of nitrogens with zero attached hydrogens (tertiary/aromatic N) is 1. The monoisotopic (exact) mass is 301 g/mol. The van der Waals surface area contributed by atoms with E-state index < -0.39 is 0 Å². The van der Waals surface area contributed by atoms with Gasteiger partial charge in [0.1, 0.15) is 5.78 Å². The predicted molar refractivity (Wildman–Crippen MR) is 73.5 cm³/mol. The average molecular weight is 302 g/mol. The number of benzene rings is 1. The number of rotatable bonds is 3. The minimum absolute atomic E-state index is 0.0756. The summed E-state index contributed by atoms with van der Waals surface area (Å²) in [6.45, 7) is 0. The standard InChI is InChI=1S/C15H12BrNO/c16-11-5-6-12(17-9-11)8-15(18)14-7-10-3-1-2-4-13(10)14/h1-6,9,14H,7-8H2. The van der Waals surface area contributed by atoms with Crippen molar-refractivity contribution in [2.75, 3.05) is 0 Å². The lowest BCUT2D eigenvalue weighted by molar-refractivity contribution is -0.120. The highest BCUT2D eigenvalue weighted by Crippen LogP contribution is 2.35.